The fourth-order valence-corrected chi connectivity index (χ4v) is 2.22. The van der Waals surface area contributed by atoms with E-state index in [-0.39, 0.29) is 17.3 Å². The highest BCUT2D eigenvalue weighted by Crippen LogP contribution is 2.41. The Hall–Kier alpha value is -1.71. The first-order valence-electron chi connectivity index (χ1n) is 5.57. The second-order valence-corrected chi connectivity index (χ2v) is 4.63. The SMILES string of the molecule is O=C1NC2(CCN1c1cccc(O)c1)CC2. The number of anilines is 1. The molecule has 3 rings (SSSR count). The van der Waals surface area contributed by atoms with Gasteiger partial charge in [-0.2, -0.15) is 0 Å². The number of urea groups is 1. The third-order valence-corrected chi connectivity index (χ3v) is 3.43. The van der Waals surface area contributed by atoms with Gasteiger partial charge in [0.15, 0.2) is 0 Å². The monoisotopic (exact) mass is 218 g/mol. The highest BCUT2D eigenvalue weighted by molar-refractivity contribution is 5.93. The Kier molecular flexibility index (Phi) is 1.87. The normalized spacial score (nSPS) is 22.0. The Balaban J connectivity index is 1.83. The number of amides is 2. The van der Waals surface area contributed by atoms with Crippen molar-refractivity contribution < 1.29 is 9.90 Å². The summed E-state index contributed by atoms with van der Waals surface area (Å²) in [6.45, 7) is 0.731. The Bertz CT molecular complexity index is 440. The van der Waals surface area contributed by atoms with E-state index in [1.807, 2.05) is 6.07 Å². The fraction of sp³-hybridized carbons (Fsp3) is 0.417. The van der Waals surface area contributed by atoms with Crippen LogP contribution < -0.4 is 10.2 Å². The molecule has 1 aliphatic carbocycles. The van der Waals surface area contributed by atoms with Crippen LogP contribution in [-0.2, 0) is 0 Å². The van der Waals surface area contributed by atoms with Crippen molar-refractivity contribution in [1.29, 1.82) is 0 Å². The Morgan fingerprint density at radius 2 is 2.12 bits per heavy atom. The lowest BCUT2D eigenvalue weighted by Crippen LogP contribution is -2.53. The van der Waals surface area contributed by atoms with E-state index >= 15 is 0 Å². The van der Waals surface area contributed by atoms with Crippen LogP contribution in [0.3, 0.4) is 0 Å². The van der Waals surface area contributed by atoms with Crippen LogP contribution in [0.15, 0.2) is 24.3 Å². The van der Waals surface area contributed by atoms with Crippen molar-refractivity contribution in [1.82, 2.24) is 5.32 Å². The number of rotatable bonds is 1. The molecule has 2 fully saturated rings. The first-order valence-corrected chi connectivity index (χ1v) is 5.57. The molecular weight excluding hydrogens is 204 g/mol. The molecule has 0 aromatic heterocycles. The second kappa shape index (κ2) is 3.14. The molecule has 1 saturated heterocycles. The molecule has 16 heavy (non-hydrogen) atoms. The molecule has 0 radical (unpaired) electrons. The number of phenolic OH excluding ortho intramolecular Hbond substituents is 1. The Morgan fingerprint density at radius 3 is 2.75 bits per heavy atom. The van der Waals surface area contributed by atoms with Gasteiger partial charge in [0.25, 0.3) is 0 Å². The lowest BCUT2D eigenvalue weighted by molar-refractivity contribution is 0.234. The topological polar surface area (TPSA) is 52.6 Å². The van der Waals surface area contributed by atoms with Crippen molar-refractivity contribution >= 4 is 11.7 Å². The van der Waals surface area contributed by atoms with Gasteiger partial charge in [-0.3, -0.25) is 4.90 Å². The number of nitrogens with zero attached hydrogens (tertiary/aromatic N) is 1. The minimum absolute atomic E-state index is 0.0469. The van der Waals surface area contributed by atoms with Crippen LogP contribution in [0.4, 0.5) is 10.5 Å². The molecule has 1 heterocycles. The maximum atomic E-state index is 11.9. The molecule has 0 unspecified atom stereocenters. The third kappa shape index (κ3) is 1.50. The number of phenols is 1. The zero-order chi connectivity index (χ0) is 11.2. The summed E-state index contributed by atoms with van der Waals surface area (Å²) in [6, 6.07) is 6.76. The van der Waals surface area contributed by atoms with Gasteiger partial charge in [-0.1, -0.05) is 6.07 Å². The zero-order valence-corrected chi connectivity index (χ0v) is 8.94. The quantitative estimate of drug-likeness (QED) is 0.755. The second-order valence-electron chi connectivity index (χ2n) is 4.63. The van der Waals surface area contributed by atoms with Crippen molar-refractivity contribution in [2.45, 2.75) is 24.8 Å². The average Bonchev–Trinajstić information content (AvgIpc) is 2.98. The highest BCUT2D eigenvalue weighted by atomic mass is 16.3. The van der Waals surface area contributed by atoms with E-state index in [1.54, 1.807) is 23.1 Å². The summed E-state index contributed by atoms with van der Waals surface area (Å²) in [5, 5.41) is 12.4. The number of carbonyl (C=O) groups excluding carboxylic acids is 1. The molecule has 1 spiro atoms. The number of hydrogen-bond acceptors (Lipinski definition) is 2. The van der Waals surface area contributed by atoms with E-state index in [9.17, 15) is 9.90 Å². The van der Waals surface area contributed by atoms with Crippen molar-refractivity contribution in [3.63, 3.8) is 0 Å². The third-order valence-electron chi connectivity index (χ3n) is 3.43. The molecule has 1 saturated carbocycles. The van der Waals surface area contributed by atoms with E-state index in [2.05, 4.69) is 5.32 Å². The molecule has 84 valence electrons. The zero-order valence-electron chi connectivity index (χ0n) is 8.94. The standard InChI is InChI=1S/C12H14N2O2/c15-10-3-1-2-9(8-10)14-7-6-12(4-5-12)13-11(14)16/h1-3,8,15H,4-7H2,(H,13,16). The van der Waals surface area contributed by atoms with E-state index in [1.165, 1.54) is 0 Å². The van der Waals surface area contributed by atoms with Crippen molar-refractivity contribution in [2.24, 2.45) is 0 Å². The predicted molar refractivity (Wildman–Crippen MR) is 60.6 cm³/mol. The van der Waals surface area contributed by atoms with Gasteiger partial charge in [0.1, 0.15) is 5.75 Å². The Morgan fingerprint density at radius 1 is 1.31 bits per heavy atom. The van der Waals surface area contributed by atoms with Gasteiger partial charge in [0.05, 0.1) is 0 Å². The first-order chi connectivity index (χ1) is 7.69. The van der Waals surface area contributed by atoms with Crippen molar-refractivity contribution in [3.05, 3.63) is 24.3 Å². The molecule has 1 aromatic rings. The molecule has 1 aliphatic heterocycles. The number of hydrogen-bond donors (Lipinski definition) is 2. The van der Waals surface area contributed by atoms with Crippen LogP contribution >= 0.6 is 0 Å². The van der Waals surface area contributed by atoms with Gasteiger partial charge in [-0.05, 0) is 31.4 Å². The van der Waals surface area contributed by atoms with Crippen LogP contribution in [0, 0.1) is 0 Å². The van der Waals surface area contributed by atoms with Crippen LogP contribution in [0.1, 0.15) is 19.3 Å². The Labute approximate surface area is 93.9 Å². The van der Waals surface area contributed by atoms with Gasteiger partial charge >= 0.3 is 6.03 Å². The smallest absolute Gasteiger partial charge is 0.322 e. The van der Waals surface area contributed by atoms with Gasteiger partial charge in [0.2, 0.25) is 0 Å². The van der Waals surface area contributed by atoms with Crippen molar-refractivity contribution in [3.8, 4) is 5.75 Å². The molecule has 2 aliphatic rings. The van der Waals surface area contributed by atoms with Gasteiger partial charge in [0, 0.05) is 23.8 Å². The first kappa shape index (κ1) is 9.51. The predicted octanol–water partition coefficient (Wildman–Crippen LogP) is 1.84. The molecule has 2 amide bonds. The summed E-state index contributed by atoms with van der Waals surface area (Å²) in [4.78, 5) is 13.6. The number of aromatic hydroxyl groups is 1. The van der Waals surface area contributed by atoms with E-state index in [4.69, 9.17) is 0 Å². The molecular formula is C12H14N2O2. The largest absolute Gasteiger partial charge is 0.508 e. The van der Waals surface area contributed by atoms with Crippen LogP contribution in [0.2, 0.25) is 0 Å². The van der Waals surface area contributed by atoms with E-state index < -0.39 is 0 Å². The van der Waals surface area contributed by atoms with Crippen molar-refractivity contribution in [2.75, 3.05) is 11.4 Å². The minimum atomic E-state index is -0.0469. The molecule has 1 aromatic carbocycles. The molecule has 2 N–H and O–H groups in total. The summed E-state index contributed by atoms with van der Waals surface area (Å²) in [7, 11) is 0. The van der Waals surface area contributed by atoms with Gasteiger partial charge in [-0.25, -0.2) is 4.79 Å². The van der Waals surface area contributed by atoms with E-state index in [0.29, 0.717) is 0 Å². The van der Waals surface area contributed by atoms with Gasteiger partial charge in [-0.15, -0.1) is 0 Å². The maximum absolute atomic E-state index is 11.9. The summed E-state index contributed by atoms with van der Waals surface area (Å²) >= 11 is 0. The van der Waals surface area contributed by atoms with Crippen LogP contribution in [-0.4, -0.2) is 23.2 Å². The summed E-state index contributed by atoms with van der Waals surface area (Å²) in [6.07, 6.45) is 3.20. The summed E-state index contributed by atoms with van der Waals surface area (Å²) in [5.74, 6) is 0.192. The van der Waals surface area contributed by atoms with Crippen LogP contribution in [0.5, 0.6) is 5.75 Å². The van der Waals surface area contributed by atoms with Crippen LogP contribution in [0.25, 0.3) is 0 Å². The number of benzene rings is 1. The molecule has 4 heteroatoms. The molecule has 0 bridgehead atoms. The molecule has 0 atom stereocenters. The lowest BCUT2D eigenvalue weighted by atomic mass is 10.1. The van der Waals surface area contributed by atoms with Gasteiger partial charge < -0.3 is 10.4 Å². The summed E-state index contributed by atoms with van der Waals surface area (Å²) < 4.78 is 0. The average molecular weight is 218 g/mol. The lowest BCUT2D eigenvalue weighted by Gasteiger charge is -2.33. The number of carbonyl (C=O) groups is 1. The molecule has 4 nitrogen and oxygen atoms in total. The number of nitrogens with one attached hydrogen (secondary N) is 1. The van der Waals surface area contributed by atoms with E-state index in [0.717, 1.165) is 31.5 Å². The minimum Gasteiger partial charge on any atom is -0.508 e. The maximum Gasteiger partial charge on any atom is 0.322 e. The fourth-order valence-electron chi connectivity index (χ4n) is 2.22. The highest BCUT2D eigenvalue weighted by Gasteiger charge is 2.47. The summed E-state index contributed by atoms with van der Waals surface area (Å²) in [5.41, 5.74) is 0.859.